The number of anilines is 1. The fourth-order valence-electron chi connectivity index (χ4n) is 2.51. The number of amides is 1. The molecule has 0 fully saturated rings. The van der Waals surface area contributed by atoms with Crippen molar-refractivity contribution in [2.24, 2.45) is 0 Å². The van der Waals surface area contributed by atoms with E-state index in [0.29, 0.717) is 22.9 Å². The molecule has 128 valence electrons. The molecule has 0 atom stereocenters. The second kappa shape index (κ2) is 7.23. The minimum Gasteiger partial charge on any atom is -0.378 e. The first-order valence-corrected chi connectivity index (χ1v) is 7.97. The summed E-state index contributed by atoms with van der Waals surface area (Å²) in [5, 5.41) is 17.8. The first kappa shape index (κ1) is 16.8. The summed E-state index contributed by atoms with van der Waals surface area (Å²) in [5.74, 6) is -0.328. The van der Waals surface area contributed by atoms with Crippen LogP contribution in [0.25, 0.3) is 10.9 Å². The van der Waals surface area contributed by atoms with E-state index in [-0.39, 0.29) is 18.1 Å². The number of aromatic amines is 1. The van der Waals surface area contributed by atoms with Crippen molar-refractivity contribution in [3.8, 4) is 0 Å². The van der Waals surface area contributed by atoms with Crippen LogP contribution >= 0.6 is 11.6 Å². The molecule has 3 rings (SSSR count). The van der Waals surface area contributed by atoms with E-state index in [1.54, 1.807) is 18.2 Å². The number of carbonyl (C=O) groups is 1. The van der Waals surface area contributed by atoms with Gasteiger partial charge in [-0.2, -0.15) is 0 Å². The lowest BCUT2D eigenvalue weighted by atomic mass is 10.2. The Balaban J connectivity index is 1.60. The summed E-state index contributed by atoms with van der Waals surface area (Å²) in [6.07, 6.45) is 0. The van der Waals surface area contributed by atoms with Crippen LogP contribution in [0.1, 0.15) is 10.5 Å². The van der Waals surface area contributed by atoms with E-state index in [2.05, 4.69) is 15.6 Å². The summed E-state index contributed by atoms with van der Waals surface area (Å²) in [7, 11) is 0. The quantitative estimate of drug-likeness (QED) is 0.356. The molecule has 0 unspecified atom stereocenters. The van der Waals surface area contributed by atoms with Crippen LogP contribution in [0.4, 0.5) is 11.4 Å². The van der Waals surface area contributed by atoms with E-state index in [4.69, 9.17) is 11.6 Å². The molecule has 0 bridgehead atoms. The molecule has 0 aliphatic heterocycles. The van der Waals surface area contributed by atoms with Crippen molar-refractivity contribution in [3.05, 3.63) is 69.4 Å². The highest BCUT2D eigenvalue weighted by atomic mass is 35.5. The maximum absolute atomic E-state index is 12.3. The number of nitrogens with one attached hydrogen (secondary N) is 3. The van der Waals surface area contributed by atoms with Crippen molar-refractivity contribution < 1.29 is 9.72 Å². The SMILES string of the molecule is O=C(NCCNc1ccccc1[N+](=O)[O-])c1[nH]c2ccccc2c1Cl. The third-order valence-corrected chi connectivity index (χ3v) is 4.09. The van der Waals surface area contributed by atoms with E-state index in [0.717, 1.165) is 10.9 Å². The molecule has 3 aromatic rings. The van der Waals surface area contributed by atoms with Crippen molar-refractivity contribution in [2.45, 2.75) is 0 Å². The number of H-pyrrole nitrogens is 1. The summed E-state index contributed by atoms with van der Waals surface area (Å²) < 4.78 is 0. The van der Waals surface area contributed by atoms with Gasteiger partial charge in [0.2, 0.25) is 0 Å². The van der Waals surface area contributed by atoms with Crippen LogP contribution in [0.5, 0.6) is 0 Å². The molecule has 0 aliphatic carbocycles. The number of nitro groups is 1. The Bertz CT molecular complexity index is 939. The van der Waals surface area contributed by atoms with Gasteiger partial charge in [-0.25, -0.2) is 0 Å². The molecule has 0 aliphatic rings. The smallest absolute Gasteiger partial charge is 0.292 e. The van der Waals surface area contributed by atoms with E-state index >= 15 is 0 Å². The van der Waals surface area contributed by atoms with Crippen LogP contribution in [0.15, 0.2) is 48.5 Å². The third-order valence-electron chi connectivity index (χ3n) is 3.70. The Labute approximate surface area is 148 Å². The highest BCUT2D eigenvalue weighted by Crippen LogP contribution is 2.27. The lowest BCUT2D eigenvalue weighted by Crippen LogP contribution is -2.29. The maximum Gasteiger partial charge on any atom is 0.292 e. The number of halogens is 1. The molecule has 1 amide bonds. The Kier molecular flexibility index (Phi) is 4.85. The number of hydrogen-bond donors (Lipinski definition) is 3. The zero-order valence-electron chi connectivity index (χ0n) is 13.1. The van der Waals surface area contributed by atoms with Gasteiger partial charge in [0.05, 0.1) is 9.95 Å². The first-order chi connectivity index (χ1) is 12.1. The Morgan fingerprint density at radius 1 is 1.12 bits per heavy atom. The second-order valence-corrected chi connectivity index (χ2v) is 5.69. The minimum absolute atomic E-state index is 0.00696. The van der Waals surface area contributed by atoms with Gasteiger partial charge in [-0.1, -0.05) is 41.9 Å². The molecule has 25 heavy (non-hydrogen) atoms. The average molecular weight is 359 g/mol. The fraction of sp³-hybridized carbons (Fsp3) is 0.118. The molecule has 2 aromatic carbocycles. The van der Waals surface area contributed by atoms with Gasteiger partial charge in [0.25, 0.3) is 11.6 Å². The predicted molar refractivity (Wildman–Crippen MR) is 97.2 cm³/mol. The van der Waals surface area contributed by atoms with E-state index < -0.39 is 4.92 Å². The van der Waals surface area contributed by atoms with Gasteiger partial charge in [-0.3, -0.25) is 14.9 Å². The van der Waals surface area contributed by atoms with E-state index in [1.165, 1.54) is 6.07 Å². The average Bonchev–Trinajstić information content (AvgIpc) is 2.96. The number of fused-ring (bicyclic) bond motifs is 1. The van der Waals surface area contributed by atoms with Gasteiger partial charge in [0.15, 0.2) is 0 Å². The van der Waals surface area contributed by atoms with Gasteiger partial charge < -0.3 is 15.6 Å². The largest absolute Gasteiger partial charge is 0.378 e. The van der Waals surface area contributed by atoms with Crippen LogP contribution in [-0.2, 0) is 0 Å². The van der Waals surface area contributed by atoms with Crippen molar-refractivity contribution in [2.75, 3.05) is 18.4 Å². The molecular formula is C17H15ClN4O3. The van der Waals surface area contributed by atoms with Crippen molar-refractivity contribution in [1.29, 1.82) is 0 Å². The highest BCUT2D eigenvalue weighted by Gasteiger charge is 2.16. The molecule has 7 nitrogen and oxygen atoms in total. The lowest BCUT2D eigenvalue weighted by molar-refractivity contribution is -0.384. The highest BCUT2D eigenvalue weighted by molar-refractivity contribution is 6.38. The van der Waals surface area contributed by atoms with Crippen LogP contribution in [0, 0.1) is 10.1 Å². The minimum atomic E-state index is -0.453. The second-order valence-electron chi connectivity index (χ2n) is 5.32. The van der Waals surface area contributed by atoms with E-state index in [9.17, 15) is 14.9 Å². The zero-order chi connectivity index (χ0) is 17.8. The molecule has 0 saturated carbocycles. The molecule has 1 heterocycles. The predicted octanol–water partition coefficient (Wildman–Crippen LogP) is 3.57. The first-order valence-electron chi connectivity index (χ1n) is 7.59. The van der Waals surface area contributed by atoms with Crippen LogP contribution in [0.2, 0.25) is 5.02 Å². The van der Waals surface area contributed by atoms with Crippen molar-refractivity contribution in [1.82, 2.24) is 10.3 Å². The Morgan fingerprint density at radius 3 is 2.60 bits per heavy atom. The molecule has 0 spiro atoms. The molecule has 0 saturated heterocycles. The molecule has 1 aromatic heterocycles. The number of benzene rings is 2. The fourth-order valence-corrected chi connectivity index (χ4v) is 2.81. The summed E-state index contributed by atoms with van der Waals surface area (Å²) in [5.41, 5.74) is 1.49. The number of nitrogens with zero attached hydrogens (tertiary/aromatic N) is 1. The molecule has 0 radical (unpaired) electrons. The third kappa shape index (κ3) is 3.56. The topological polar surface area (TPSA) is 100 Å². The van der Waals surface area contributed by atoms with Gasteiger partial charge in [0.1, 0.15) is 11.4 Å². The van der Waals surface area contributed by atoms with Gasteiger partial charge >= 0.3 is 0 Å². The number of para-hydroxylation sites is 3. The molecule has 8 heteroatoms. The summed E-state index contributed by atoms with van der Waals surface area (Å²) in [6, 6.07) is 13.7. The molecular weight excluding hydrogens is 344 g/mol. The van der Waals surface area contributed by atoms with Crippen LogP contribution in [0.3, 0.4) is 0 Å². The monoisotopic (exact) mass is 358 g/mol. The summed E-state index contributed by atoms with van der Waals surface area (Å²) in [4.78, 5) is 25.7. The van der Waals surface area contributed by atoms with E-state index in [1.807, 2.05) is 24.3 Å². The Hall–Kier alpha value is -3.06. The van der Waals surface area contributed by atoms with Crippen LogP contribution < -0.4 is 10.6 Å². The van der Waals surface area contributed by atoms with Gasteiger partial charge in [0, 0.05) is 30.1 Å². The lowest BCUT2D eigenvalue weighted by Gasteiger charge is -2.08. The standard InChI is InChI=1S/C17H15ClN4O3/c18-15-11-5-1-2-6-12(11)21-16(15)17(23)20-10-9-19-13-7-3-4-8-14(13)22(24)25/h1-8,19,21H,9-10H2,(H,20,23). The van der Waals surface area contributed by atoms with Gasteiger partial charge in [-0.15, -0.1) is 0 Å². The number of rotatable bonds is 6. The number of aromatic nitrogens is 1. The molecule has 3 N–H and O–H groups in total. The van der Waals surface area contributed by atoms with Crippen LogP contribution in [-0.4, -0.2) is 28.9 Å². The number of nitro benzene ring substituents is 1. The Morgan fingerprint density at radius 2 is 1.84 bits per heavy atom. The number of carbonyl (C=O) groups excluding carboxylic acids is 1. The summed E-state index contributed by atoms with van der Waals surface area (Å²) in [6.45, 7) is 0.630. The van der Waals surface area contributed by atoms with Crippen molar-refractivity contribution in [3.63, 3.8) is 0 Å². The maximum atomic E-state index is 12.3. The zero-order valence-corrected chi connectivity index (χ0v) is 13.8. The summed E-state index contributed by atoms with van der Waals surface area (Å²) >= 11 is 6.23. The van der Waals surface area contributed by atoms with Crippen molar-refractivity contribution >= 4 is 39.8 Å². The normalized spacial score (nSPS) is 10.6. The van der Waals surface area contributed by atoms with Gasteiger partial charge in [-0.05, 0) is 12.1 Å². The number of hydrogen-bond acceptors (Lipinski definition) is 4.